The van der Waals surface area contributed by atoms with E-state index in [1.54, 1.807) is 0 Å². The summed E-state index contributed by atoms with van der Waals surface area (Å²) in [5.74, 6) is 2.44. The largest absolute Gasteiger partial charge is 0.493 e. The van der Waals surface area contributed by atoms with Crippen LogP contribution in [0.2, 0.25) is 0 Å². The van der Waals surface area contributed by atoms with Gasteiger partial charge in [0.15, 0.2) is 11.5 Å². The lowest BCUT2D eigenvalue weighted by Gasteiger charge is -2.26. The molecular formula is C18H22N2O3. The average Bonchev–Trinajstić information content (AvgIpc) is 2.58. The first kappa shape index (κ1) is 15.5. The van der Waals surface area contributed by atoms with Crippen LogP contribution in [0.5, 0.6) is 17.2 Å². The van der Waals surface area contributed by atoms with E-state index in [0.717, 1.165) is 42.4 Å². The van der Waals surface area contributed by atoms with Gasteiger partial charge in [0, 0.05) is 18.3 Å². The second kappa shape index (κ2) is 7.74. The highest BCUT2D eigenvalue weighted by Gasteiger charge is 2.19. The Balaban J connectivity index is 1.30. The molecule has 2 aromatic rings. The summed E-state index contributed by atoms with van der Waals surface area (Å²) in [4.78, 5) is 0. The van der Waals surface area contributed by atoms with Crippen LogP contribution in [-0.2, 0) is 0 Å². The van der Waals surface area contributed by atoms with Crippen molar-refractivity contribution in [1.82, 2.24) is 5.32 Å². The van der Waals surface area contributed by atoms with Crippen molar-refractivity contribution in [2.24, 2.45) is 0 Å². The van der Waals surface area contributed by atoms with E-state index in [1.165, 1.54) is 0 Å². The van der Waals surface area contributed by atoms with E-state index in [9.17, 15) is 0 Å². The maximum atomic E-state index is 5.89. The van der Waals surface area contributed by atoms with E-state index in [4.69, 9.17) is 19.9 Å². The van der Waals surface area contributed by atoms with Gasteiger partial charge in [-0.15, -0.1) is 0 Å². The highest BCUT2D eigenvalue weighted by molar-refractivity contribution is 5.43. The molecule has 0 saturated carbocycles. The molecule has 1 aliphatic heterocycles. The molecule has 3 rings (SSSR count). The monoisotopic (exact) mass is 314 g/mol. The van der Waals surface area contributed by atoms with Crippen molar-refractivity contribution in [2.45, 2.75) is 12.5 Å². The topological polar surface area (TPSA) is 65.7 Å². The third-order valence-electron chi connectivity index (χ3n) is 3.56. The molecule has 0 aromatic heterocycles. The van der Waals surface area contributed by atoms with Gasteiger partial charge >= 0.3 is 0 Å². The van der Waals surface area contributed by atoms with Crippen LogP contribution in [0.1, 0.15) is 6.42 Å². The number of fused-ring (bicyclic) bond motifs is 1. The van der Waals surface area contributed by atoms with Crippen molar-refractivity contribution < 1.29 is 14.2 Å². The number of anilines is 1. The summed E-state index contributed by atoms with van der Waals surface area (Å²) >= 11 is 0. The standard InChI is InChI=1S/C18H22N2O3/c19-14-5-3-6-15(11-14)21-10-4-9-20-12-16-13-22-17-7-1-2-8-18(17)23-16/h1-3,5-8,11,16,20H,4,9-10,12-13,19H2/t16-/m0/s1. The summed E-state index contributed by atoms with van der Waals surface area (Å²) in [5.41, 5.74) is 6.43. The molecule has 122 valence electrons. The minimum absolute atomic E-state index is 0.0414. The second-order valence-corrected chi connectivity index (χ2v) is 5.48. The molecule has 0 fully saturated rings. The van der Waals surface area contributed by atoms with Gasteiger partial charge in [-0.05, 0) is 37.2 Å². The number of nitrogen functional groups attached to an aromatic ring is 1. The lowest BCUT2D eigenvalue weighted by molar-refractivity contribution is 0.0902. The molecular weight excluding hydrogens is 292 g/mol. The number of para-hydroxylation sites is 2. The molecule has 0 bridgehead atoms. The predicted octanol–water partition coefficient (Wildman–Crippen LogP) is 2.47. The Kier molecular flexibility index (Phi) is 5.21. The number of rotatable bonds is 7. The molecule has 3 N–H and O–H groups in total. The van der Waals surface area contributed by atoms with Gasteiger partial charge in [-0.3, -0.25) is 0 Å². The molecule has 0 amide bonds. The number of hydrogen-bond acceptors (Lipinski definition) is 5. The van der Waals surface area contributed by atoms with Crippen LogP contribution in [0, 0.1) is 0 Å². The van der Waals surface area contributed by atoms with Crippen LogP contribution in [0.4, 0.5) is 5.69 Å². The molecule has 0 radical (unpaired) electrons. The zero-order valence-corrected chi connectivity index (χ0v) is 13.0. The van der Waals surface area contributed by atoms with Gasteiger partial charge in [0.05, 0.1) is 6.61 Å². The third-order valence-corrected chi connectivity index (χ3v) is 3.56. The van der Waals surface area contributed by atoms with Crippen LogP contribution >= 0.6 is 0 Å². The fourth-order valence-electron chi connectivity index (χ4n) is 2.42. The SMILES string of the molecule is Nc1cccc(OCCCNC[C@H]2COc3ccccc3O2)c1. The van der Waals surface area contributed by atoms with Gasteiger partial charge in [0.2, 0.25) is 0 Å². The van der Waals surface area contributed by atoms with Crippen molar-refractivity contribution in [3.05, 3.63) is 48.5 Å². The Hall–Kier alpha value is -2.40. The van der Waals surface area contributed by atoms with E-state index in [1.807, 2.05) is 48.5 Å². The van der Waals surface area contributed by atoms with Crippen molar-refractivity contribution in [3.8, 4) is 17.2 Å². The van der Waals surface area contributed by atoms with Crippen LogP contribution in [0.25, 0.3) is 0 Å². The maximum Gasteiger partial charge on any atom is 0.161 e. The van der Waals surface area contributed by atoms with E-state index in [-0.39, 0.29) is 6.10 Å². The fourth-order valence-corrected chi connectivity index (χ4v) is 2.42. The first-order valence-electron chi connectivity index (χ1n) is 7.89. The number of hydrogen-bond donors (Lipinski definition) is 2. The van der Waals surface area contributed by atoms with Crippen molar-refractivity contribution in [1.29, 1.82) is 0 Å². The lowest BCUT2D eigenvalue weighted by Crippen LogP contribution is -2.39. The fraction of sp³-hybridized carbons (Fsp3) is 0.333. The van der Waals surface area contributed by atoms with Crippen LogP contribution in [0.15, 0.2) is 48.5 Å². The summed E-state index contributed by atoms with van der Waals surface area (Å²) in [7, 11) is 0. The Bertz CT molecular complexity index is 633. The van der Waals surface area contributed by atoms with Gasteiger partial charge in [0.1, 0.15) is 18.5 Å². The number of ether oxygens (including phenoxy) is 3. The normalized spacial score (nSPS) is 16.1. The molecule has 2 aromatic carbocycles. The number of nitrogens with two attached hydrogens (primary N) is 1. The molecule has 0 unspecified atom stereocenters. The van der Waals surface area contributed by atoms with Gasteiger partial charge < -0.3 is 25.3 Å². The summed E-state index contributed by atoms with van der Waals surface area (Å²) in [6.07, 6.45) is 0.957. The highest BCUT2D eigenvalue weighted by Crippen LogP contribution is 2.30. The molecule has 0 aliphatic carbocycles. The van der Waals surface area contributed by atoms with E-state index >= 15 is 0 Å². The Morgan fingerprint density at radius 2 is 2.00 bits per heavy atom. The number of nitrogens with one attached hydrogen (secondary N) is 1. The Morgan fingerprint density at radius 3 is 2.87 bits per heavy atom. The minimum Gasteiger partial charge on any atom is -0.493 e. The predicted molar refractivity (Wildman–Crippen MR) is 90.2 cm³/mol. The van der Waals surface area contributed by atoms with E-state index in [0.29, 0.717) is 13.2 Å². The number of benzene rings is 2. The summed E-state index contributed by atoms with van der Waals surface area (Å²) in [5, 5.41) is 3.37. The average molecular weight is 314 g/mol. The Labute approximate surface area is 136 Å². The van der Waals surface area contributed by atoms with Gasteiger partial charge in [-0.25, -0.2) is 0 Å². The lowest BCUT2D eigenvalue weighted by atomic mass is 10.2. The van der Waals surface area contributed by atoms with Crippen LogP contribution in [-0.4, -0.2) is 32.4 Å². The second-order valence-electron chi connectivity index (χ2n) is 5.48. The molecule has 1 heterocycles. The molecule has 0 spiro atoms. The molecule has 1 aliphatic rings. The van der Waals surface area contributed by atoms with Crippen molar-refractivity contribution in [3.63, 3.8) is 0 Å². The summed E-state index contributed by atoms with van der Waals surface area (Å²) < 4.78 is 17.2. The maximum absolute atomic E-state index is 5.89. The molecule has 5 heteroatoms. The van der Waals surface area contributed by atoms with Gasteiger partial charge in [-0.1, -0.05) is 18.2 Å². The zero-order chi connectivity index (χ0) is 15.9. The van der Waals surface area contributed by atoms with Crippen LogP contribution < -0.4 is 25.3 Å². The Morgan fingerprint density at radius 1 is 1.13 bits per heavy atom. The van der Waals surface area contributed by atoms with E-state index < -0.39 is 0 Å². The van der Waals surface area contributed by atoms with Crippen LogP contribution in [0.3, 0.4) is 0 Å². The summed E-state index contributed by atoms with van der Waals surface area (Å²) in [6, 6.07) is 15.2. The quantitative estimate of drug-likeness (QED) is 0.607. The summed E-state index contributed by atoms with van der Waals surface area (Å²) in [6.45, 7) is 2.85. The molecule has 0 saturated heterocycles. The van der Waals surface area contributed by atoms with E-state index in [2.05, 4.69) is 5.32 Å². The molecule has 23 heavy (non-hydrogen) atoms. The van der Waals surface area contributed by atoms with Gasteiger partial charge in [-0.2, -0.15) is 0 Å². The van der Waals surface area contributed by atoms with Crippen molar-refractivity contribution >= 4 is 5.69 Å². The molecule has 5 nitrogen and oxygen atoms in total. The van der Waals surface area contributed by atoms with Gasteiger partial charge in [0.25, 0.3) is 0 Å². The minimum atomic E-state index is 0.0414. The first-order valence-corrected chi connectivity index (χ1v) is 7.89. The highest BCUT2D eigenvalue weighted by atomic mass is 16.6. The molecule has 1 atom stereocenters. The smallest absolute Gasteiger partial charge is 0.161 e. The first-order chi connectivity index (χ1) is 11.3. The zero-order valence-electron chi connectivity index (χ0n) is 13.0. The van der Waals surface area contributed by atoms with Crippen molar-refractivity contribution in [2.75, 3.05) is 32.0 Å². The third kappa shape index (κ3) is 4.53.